The van der Waals surface area contributed by atoms with Gasteiger partial charge in [-0.1, -0.05) is 36.4 Å². The van der Waals surface area contributed by atoms with Crippen molar-refractivity contribution in [3.05, 3.63) is 65.9 Å². The molecule has 1 aromatic heterocycles. The number of carbonyl (C=O) groups is 1. The number of fused-ring (bicyclic) bond motifs is 3. The highest BCUT2D eigenvalue weighted by atomic mass is 35.5. The normalized spacial score (nSPS) is 20.9. The Balaban J connectivity index is 0.00000205. The maximum absolute atomic E-state index is 13.6. The number of amides is 1. The van der Waals surface area contributed by atoms with Gasteiger partial charge in [-0.15, -0.1) is 12.4 Å². The first-order chi connectivity index (χ1) is 13.8. The summed E-state index contributed by atoms with van der Waals surface area (Å²) >= 11 is 0. The van der Waals surface area contributed by atoms with E-state index in [9.17, 15) is 4.79 Å². The number of nitrogens with zero attached hydrogens (tertiary/aromatic N) is 1. The molecule has 2 aliphatic heterocycles. The number of nitrogens with one attached hydrogen (secondary N) is 1. The Bertz CT molecular complexity index is 974. The van der Waals surface area contributed by atoms with Crippen molar-refractivity contribution in [3.8, 4) is 5.75 Å². The molecule has 29 heavy (non-hydrogen) atoms. The fraction of sp³-hybridized carbons (Fsp3) is 0.348. The average Bonchev–Trinajstić information content (AvgIpc) is 3.22. The summed E-state index contributed by atoms with van der Waals surface area (Å²) in [5.41, 5.74) is 1.57. The van der Waals surface area contributed by atoms with Crippen LogP contribution in [0, 0.1) is 0 Å². The molecular weight excluding hydrogens is 388 g/mol. The highest BCUT2D eigenvalue weighted by molar-refractivity contribution is 5.99. The highest BCUT2D eigenvalue weighted by Gasteiger charge is 2.40. The second-order valence-corrected chi connectivity index (χ2v) is 7.60. The van der Waals surface area contributed by atoms with Crippen LogP contribution in [0.15, 0.2) is 59.0 Å². The van der Waals surface area contributed by atoms with E-state index in [1.807, 2.05) is 54.6 Å². The minimum atomic E-state index is -0.000869. The minimum Gasteiger partial charge on any atom is -0.489 e. The van der Waals surface area contributed by atoms with Gasteiger partial charge in [-0.3, -0.25) is 4.79 Å². The monoisotopic (exact) mass is 412 g/mol. The first kappa shape index (κ1) is 19.8. The maximum atomic E-state index is 13.6. The lowest BCUT2D eigenvalue weighted by Crippen LogP contribution is -2.42. The Kier molecular flexibility index (Phi) is 5.79. The van der Waals surface area contributed by atoms with Gasteiger partial charge in [0.1, 0.15) is 17.9 Å². The molecule has 2 atom stereocenters. The summed E-state index contributed by atoms with van der Waals surface area (Å²) in [5, 5.41) is 4.40. The van der Waals surface area contributed by atoms with Crippen molar-refractivity contribution in [2.24, 2.45) is 0 Å². The second kappa shape index (κ2) is 8.47. The number of rotatable bonds is 4. The van der Waals surface area contributed by atoms with Crippen molar-refractivity contribution in [3.63, 3.8) is 0 Å². The van der Waals surface area contributed by atoms with Gasteiger partial charge >= 0.3 is 0 Å². The van der Waals surface area contributed by atoms with Gasteiger partial charge in [0, 0.05) is 29.6 Å². The van der Waals surface area contributed by atoms with Crippen LogP contribution < -0.4 is 10.1 Å². The first-order valence-corrected chi connectivity index (χ1v) is 10.0. The van der Waals surface area contributed by atoms with Crippen LogP contribution in [0.1, 0.15) is 35.4 Å². The lowest BCUT2D eigenvalue weighted by atomic mass is 10.1. The van der Waals surface area contributed by atoms with E-state index in [4.69, 9.17) is 9.15 Å². The van der Waals surface area contributed by atoms with Gasteiger partial charge in [-0.05, 0) is 44.0 Å². The molecule has 0 saturated carbocycles. The fourth-order valence-corrected chi connectivity index (χ4v) is 4.52. The molecule has 0 spiro atoms. The molecular formula is C23H25ClN2O3. The van der Waals surface area contributed by atoms with Crippen molar-refractivity contribution in [2.75, 3.05) is 13.1 Å². The molecule has 5 nitrogen and oxygen atoms in total. The van der Waals surface area contributed by atoms with Gasteiger partial charge in [-0.2, -0.15) is 0 Å². The Morgan fingerprint density at radius 3 is 2.66 bits per heavy atom. The first-order valence-electron chi connectivity index (χ1n) is 10.0. The third kappa shape index (κ3) is 3.72. The Morgan fingerprint density at radius 2 is 1.79 bits per heavy atom. The maximum Gasteiger partial charge on any atom is 0.290 e. The predicted octanol–water partition coefficient (Wildman–Crippen LogP) is 4.40. The number of para-hydroxylation sites is 2. The lowest BCUT2D eigenvalue weighted by molar-refractivity contribution is 0.0646. The van der Waals surface area contributed by atoms with Crippen LogP contribution in [0.2, 0.25) is 0 Å². The Hall–Kier alpha value is -2.50. The van der Waals surface area contributed by atoms with Crippen molar-refractivity contribution < 1.29 is 13.9 Å². The summed E-state index contributed by atoms with van der Waals surface area (Å²) in [6, 6.07) is 18.0. The van der Waals surface area contributed by atoms with Gasteiger partial charge in [0.25, 0.3) is 5.91 Å². The third-order valence-electron chi connectivity index (χ3n) is 5.91. The number of ether oxygens (including phenoxy) is 1. The van der Waals surface area contributed by atoms with Crippen LogP contribution in [0.25, 0.3) is 11.0 Å². The lowest BCUT2D eigenvalue weighted by Gasteiger charge is -2.27. The smallest absolute Gasteiger partial charge is 0.290 e. The summed E-state index contributed by atoms with van der Waals surface area (Å²) in [6.07, 6.45) is 3.13. The summed E-state index contributed by atoms with van der Waals surface area (Å²) in [5.74, 6) is 1.21. The number of hydrogen-bond acceptors (Lipinski definition) is 4. The molecule has 152 valence electrons. The van der Waals surface area contributed by atoms with Crippen LogP contribution in [-0.2, 0) is 6.61 Å². The van der Waals surface area contributed by atoms with Crippen LogP contribution in [0.5, 0.6) is 5.75 Å². The second-order valence-electron chi connectivity index (χ2n) is 7.60. The molecule has 6 heteroatoms. The van der Waals surface area contributed by atoms with E-state index in [1.54, 1.807) is 0 Å². The van der Waals surface area contributed by atoms with Crippen LogP contribution >= 0.6 is 12.4 Å². The summed E-state index contributed by atoms with van der Waals surface area (Å²) in [4.78, 5) is 15.6. The molecule has 2 unspecified atom stereocenters. The van der Waals surface area contributed by atoms with Crippen molar-refractivity contribution in [2.45, 2.75) is 38.0 Å². The van der Waals surface area contributed by atoms with Gasteiger partial charge in [0.2, 0.25) is 0 Å². The molecule has 1 N–H and O–H groups in total. The SMILES string of the molecule is Cl.O=C(c1oc2ccccc2c1COc1ccccc1)N1C2CCNCC1CC2. The van der Waals surface area contributed by atoms with E-state index < -0.39 is 0 Å². The molecule has 0 radical (unpaired) electrons. The van der Waals surface area contributed by atoms with E-state index >= 15 is 0 Å². The molecule has 1 amide bonds. The van der Waals surface area contributed by atoms with Crippen molar-refractivity contribution in [1.29, 1.82) is 0 Å². The molecule has 5 rings (SSSR count). The van der Waals surface area contributed by atoms with E-state index in [-0.39, 0.29) is 24.4 Å². The molecule has 2 bridgehead atoms. The largest absolute Gasteiger partial charge is 0.489 e. The van der Waals surface area contributed by atoms with E-state index in [1.165, 1.54) is 0 Å². The number of benzene rings is 2. The topological polar surface area (TPSA) is 54.7 Å². The number of hydrogen-bond donors (Lipinski definition) is 1. The number of halogens is 1. The minimum absolute atomic E-state index is 0. The predicted molar refractivity (Wildman–Crippen MR) is 115 cm³/mol. The molecule has 2 saturated heterocycles. The zero-order chi connectivity index (χ0) is 18.9. The summed E-state index contributed by atoms with van der Waals surface area (Å²) < 4.78 is 12.1. The fourth-order valence-electron chi connectivity index (χ4n) is 4.52. The number of furan rings is 1. The van der Waals surface area contributed by atoms with Crippen molar-refractivity contribution >= 4 is 29.3 Å². The van der Waals surface area contributed by atoms with E-state index in [0.29, 0.717) is 18.4 Å². The summed E-state index contributed by atoms with van der Waals surface area (Å²) in [7, 11) is 0. The Labute approximate surface area is 176 Å². The number of carbonyl (C=O) groups excluding carboxylic acids is 1. The molecule has 3 aromatic rings. The van der Waals surface area contributed by atoms with Gasteiger partial charge < -0.3 is 19.4 Å². The summed E-state index contributed by atoms with van der Waals surface area (Å²) in [6.45, 7) is 2.14. The molecule has 0 aliphatic carbocycles. The van der Waals surface area contributed by atoms with Gasteiger partial charge in [0.15, 0.2) is 5.76 Å². The van der Waals surface area contributed by atoms with Crippen LogP contribution in [0.3, 0.4) is 0 Å². The van der Waals surface area contributed by atoms with Crippen LogP contribution in [-0.4, -0.2) is 36.0 Å². The molecule has 3 heterocycles. The molecule has 2 fully saturated rings. The zero-order valence-corrected chi connectivity index (χ0v) is 17.0. The van der Waals surface area contributed by atoms with Gasteiger partial charge in [-0.25, -0.2) is 0 Å². The van der Waals surface area contributed by atoms with Crippen molar-refractivity contribution in [1.82, 2.24) is 10.2 Å². The van der Waals surface area contributed by atoms with E-state index in [0.717, 1.165) is 54.6 Å². The van der Waals surface area contributed by atoms with E-state index in [2.05, 4.69) is 10.2 Å². The average molecular weight is 413 g/mol. The Morgan fingerprint density at radius 1 is 1.03 bits per heavy atom. The third-order valence-corrected chi connectivity index (χ3v) is 5.91. The molecule has 2 aliphatic rings. The van der Waals surface area contributed by atoms with Gasteiger partial charge in [0.05, 0.1) is 0 Å². The highest BCUT2D eigenvalue weighted by Crippen LogP contribution is 2.33. The zero-order valence-electron chi connectivity index (χ0n) is 16.2. The quantitative estimate of drug-likeness (QED) is 0.690. The standard InChI is InChI=1S/C23H24N2O3.ClH/c26-23(25-16-10-11-17(25)14-24-13-12-16)22-20(15-27-18-6-2-1-3-7-18)19-8-4-5-9-21(19)28-22;/h1-9,16-17,24H,10-15H2;1H. The molecule has 2 aromatic carbocycles. The van der Waals surface area contributed by atoms with Crippen LogP contribution in [0.4, 0.5) is 0 Å².